The van der Waals surface area contributed by atoms with Gasteiger partial charge in [-0.15, -0.1) is 0 Å². The van der Waals surface area contributed by atoms with Crippen LogP contribution in [0.1, 0.15) is 43.7 Å². The van der Waals surface area contributed by atoms with E-state index in [1.54, 1.807) is 0 Å². The van der Waals surface area contributed by atoms with Crippen LogP contribution in [-0.4, -0.2) is 60.5 Å². The lowest BCUT2D eigenvalue weighted by atomic mass is 10.00. The molecule has 10 nitrogen and oxygen atoms in total. The number of fused-ring (bicyclic) bond motifs is 2. The van der Waals surface area contributed by atoms with Crippen molar-refractivity contribution in [3.63, 3.8) is 0 Å². The number of amides is 3. The van der Waals surface area contributed by atoms with E-state index in [4.69, 9.17) is 4.74 Å². The maximum absolute atomic E-state index is 13.5. The molecule has 0 saturated heterocycles. The van der Waals surface area contributed by atoms with Crippen molar-refractivity contribution >= 4 is 45.5 Å². The van der Waals surface area contributed by atoms with Crippen LogP contribution in [0, 0.1) is 0 Å². The van der Waals surface area contributed by atoms with Gasteiger partial charge in [-0.25, -0.2) is 4.79 Å². The predicted octanol–water partition coefficient (Wildman–Crippen LogP) is -1.57. The molecule has 41 heavy (non-hydrogen) atoms. The van der Waals surface area contributed by atoms with Crippen LogP contribution >= 0.6 is 0 Å². The average molecular weight is 584 g/mol. The fourth-order valence-electron chi connectivity index (χ4n) is 5.08. The van der Waals surface area contributed by atoms with Crippen molar-refractivity contribution in [2.45, 2.75) is 63.6 Å². The van der Waals surface area contributed by atoms with Gasteiger partial charge in [-0.1, -0.05) is 24.3 Å². The number of aromatic nitrogens is 1. The predicted molar refractivity (Wildman–Crippen MR) is 152 cm³/mol. The topological polar surface area (TPSA) is 157 Å². The van der Waals surface area contributed by atoms with Crippen LogP contribution in [0.4, 0.5) is 0 Å². The third-order valence-electron chi connectivity index (χ3n) is 7.18. The van der Waals surface area contributed by atoms with E-state index in [1.807, 2.05) is 36.4 Å². The molecule has 4 rings (SSSR count). The molecule has 4 bridgehead atoms. The smallest absolute Gasteiger partial charge is 0.328 e. The zero-order valence-electron chi connectivity index (χ0n) is 23.4. The molecule has 220 valence electrons. The Balaban J connectivity index is 0.00000462. The molecular weight excluding hydrogens is 546 g/mol. The van der Waals surface area contributed by atoms with E-state index in [9.17, 15) is 19.2 Å². The molecule has 3 atom stereocenters. The Morgan fingerprint density at radius 2 is 1.66 bits per heavy atom. The number of H-pyrrole nitrogens is 1. The van der Waals surface area contributed by atoms with Gasteiger partial charge in [0.25, 0.3) is 0 Å². The van der Waals surface area contributed by atoms with Crippen molar-refractivity contribution in [1.29, 1.82) is 0 Å². The summed E-state index contributed by atoms with van der Waals surface area (Å²) >= 11 is 0. The van der Waals surface area contributed by atoms with E-state index >= 15 is 0 Å². The fourth-order valence-corrected chi connectivity index (χ4v) is 5.08. The van der Waals surface area contributed by atoms with Crippen molar-refractivity contribution in [2.75, 3.05) is 13.7 Å². The largest absolute Gasteiger partial charge is 1.00 e. The molecular formula is C30H38ClN5O5. The molecule has 0 saturated carbocycles. The molecule has 0 aliphatic carbocycles. The van der Waals surface area contributed by atoms with Crippen LogP contribution in [0.3, 0.4) is 0 Å². The summed E-state index contributed by atoms with van der Waals surface area (Å²) < 4.78 is 4.93. The highest BCUT2D eigenvalue weighted by molar-refractivity contribution is 6.07. The third-order valence-corrected chi connectivity index (χ3v) is 7.18. The van der Waals surface area contributed by atoms with Crippen LogP contribution in [0.15, 0.2) is 48.6 Å². The van der Waals surface area contributed by atoms with Gasteiger partial charge in [-0.3, -0.25) is 14.4 Å². The number of ether oxygens (including phenoxy) is 1. The summed E-state index contributed by atoms with van der Waals surface area (Å²) in [7, 11) is 1.27. The molecule has 3 amide bonds. The van der Waals surface area contributed by atoms with E-state index < -0.39 is 35.9 Å². The number of aromatic amines is 1. The monoisotopic (exact) mass is 583 g/mol. The van der Waals surface area contributed by atoms with E-state index in [0.717, 1.165) is 39.4 Å². The van der Waals surface area contributed by atoms with E-state index in [1.165, 1.54) is 14.0 Å². The summed E-state index contributed by atoms with van der Waals surface area (Å²) in [5.41, 5.74) is 7.80. The number of halogens is 1. The highest BCUT2D eigenvalue weighted by atomic mass is 35.5. The molecule has 1 aromatic heterocycles. The van der Waals surface area contributed by atoms with Crippen LogP contribution in [-0.2, 0) is 36.8 Å². The molecule has 2 aromatic carbocycles. The van der Waals surface area contributed by atoms with Crippen molar-refractivity contribution < 1.29 is 42.1 Å². The number of allylic oxidation sites excluding steroid dienone is 1. The molecule has 7 N–H and O–H groups in total. The third kappa shape index (κ3) is 8.08. The number of rotatable bonds is 6. The normalized spacial score (nSPS) is 20.6. The summed E-state index contributed by atoms with van der Waals surface area (Å²) in [6.07, 6.45) is 6.77. The van der Waals surface area contributed by atoms with Gasteiger partial charge in [0.1, 0.15) is 18.1 Å². The quantitative estimate of drug-likeness (QED) is 0.135. The minimum Gasteiger partial charge on any atom is -1.00 e. The second-order valence-corrected chi connectivity index (χ2v) is 10.2. The van der Waals surface area contributed by atoms with Crippen LogP contribution < -0.4 is 34.1 Å². The highest BCUT2D eigenvalue weighted by Gasteiger charge is 2.29. The Kier molecular flexibility index (Phi) is 11.3. The zero-order valence-corrected chi connectivity index (χ0v) is 24.2. The molecule has 11 heteroatoms. The molecule has 0 radical (unpaired) electrons. The first-order valence-electron chi connectivity index (χ1n) is 13.7. The first-order valence-corrected chi connectivity index (χ1v) is 13.7. The SMILES string of the molecule is COC(=O)[C@@H]1C/C=C/Cc2ccc3[nH]c4ccc(cc4c3c2)CC(NC(C)=O)C(=O)N[C@H](CCCC[NH3+])C(=O)N1.[Cl-]. The molecule has 1 aliphatic rings. The second kappa shape index (κ2) is 14.7. The van der Waals surface area contributed by atoms with Gasteiger partial charge >= 0.3 is 5.97 Å². The maximum Gasteiger partial charge on any atom is 0.328 e. The number of methoxy groups -OCH3 is 1. The van der Waals surface area contributed by atoms with Crippen molar-refractivity contribution in [3.05, 3.63) is 59.7 Å². The molecule has 3 aromatic rings. The van der Waals surface area contributed by atoms with Crippen LogP contribution in [0.2, 0.25) is 0 Å². The standard InChI is InChI=1S/C30H37N5O5.ClH/c1-18(36)32-27-17-20-11-13-24-22(16-20)21-15-19(10-12-23(21)33-24)7-3-4-9-26(30(39)40-2)35-28(37)25(34-29(27)38)8-5-6-14-31;/h3-4,10-13,15-16,25-27,33H,5-9,14,17,31H2,1-2H3,(H,32,36)(H,34,38)(H,35,37);1H/b4-3+;/t25-,26+,27?;/m1./s1. The van der Waals surface area contributed by atoms with E-state index in [2.05, 4.69) is 38.8 Å². The Labute approximate surface area is 245 Å². The lowest BCUT2D eigenvalue weighted by molar-refractivity contribution is -0.368. The Morgan fingerprint density at radius 1 is 0.976 bits per heavy atom. The number of benzene rings is 2. The second-order valence-electron chi connectivity index (χ2n) is 10.2. The molecule has 2 heterocycles. The summed E-state index contributed by atoms with van der Waals surface area (Å²) in [5, 5.41) is 10.4. The first kappa shape index (κ1) is 31.6. The summed E-state index contributed by atoms with van der Waals surface area (Å²) in [6, 6.07) is 9.48. The lowest BCUT2D eigenvalue weighted by Gasteiger charge is -2.24. The number of esters is 1. The van der Waals surface area contributed by atoms with Gasteiger partial charge in [0.05, 0.1) is 13.7 Å². The Hall–Kier alpha value is -3.89. The lowest BCUT2D eigenvalue weighted by Crippen LogP contribution is -3.00. The maximum atomic E-state index is 13.5. The number of carbonyl (C=O) groups excluding carboxylic acids is 4. The van der Waals surface area contributed by atoms with Gasteiger partial charge < -0.3 is 43.8 Å². The summed E-state index contributed by atoms with van der Waals surface area (Å²) in [6.45, 7) is 2.05. The molecule has 0 fully saturated rings. The number of hydrogen-bond acceptors (Lipinski definition) is 5. The molecule has 0 spiro atoms. The fraction of sp³-hybridized carbons (Fsp3) is 0.400. The number of quaternary nitrogens is 1. The zero-order chi connectivity index (χ0) is 28.6. The van der Waals surface area contributed by atoms with Crippen molar-refractivity contribution in [3.8, 4) is 0 Å². The van der Waals surface area contributed by atoms with Crippen LogP contribution in [0.5, 0.6) is 0 Å². The number of hydrogen-bond donors (Lipinski definition) is 5. The minimum atomic E-state index is -0.905. The number of unbranched alkanes of at least 4 members (excludes halogenated alkanes) is 1. The number of carbonyl (C=O) groups is 4. The number of nitrogens with one attached hydrogen (secondary N) is 4. The van der Waals surface area contributed by atoms with Gasteiger partial charge in [-0.05, 0) is 67.5 Å². The average Bonchev–Trinajstić information content (AvgIpc) is 3.29. The highest BCUT2D eigenvalue weighted by Crippen LogP contribution is 2.28. The van der Waals surface area contributed by atoms with Gasteiger partial charge in [0.15, 0.2) is 0 Å². The Morgan fingerprint density at radius 3 is 2.32 bits per heavy atom. The van der Waals surface area contributed by atoms with Crippen molar-refractivity contribution in [2.24, 2.45) is 0 Å². The van der Waals surface area contributed by atoms with Crippen LogP contribution in [0.25, 0.3) is 21.8 Å². The van der Waals surface area contributed by atoms with E-state index in [0.29, 0.717) is 25.8 Å². The van der Waals surface area contributed by atoms with Gasteiger partial charge in [-0.2, -0.15) is 0 Å². The minimum absolute atomic E-state index is 0. The Bertz CT molecular complexity index is 1440. The van der Waals surface area contributed by atoms with Gasteiger partial charge in [0.2, 0.25) is 17.7 Å². The van der Waals surface area contributed by atoms with E-state index in [-0.39, 0.29) is 31.2 Å². The molecule has 1 unspecified atom stereocenters. The summed E-state index contributed by atoms with van der Waals surface area (Å²) in [4.78, 5) is 54.8. The first-order chi connectivity index (χ1) is 19.3. The van der Waals surface area contributed by atoms with Gasteiger partial charge in [0, 0.05) is 35.2 Å². The summed E-state index contributed by atoms with van der Waals surface area (Å²) in [5.74, 6) is -1.87. The van der Waals surface area contributed by atoms with Crippen molar-refractivity contribution in [1.82, 2.24) is 20.9 Å². The molecule has 1 aliphatic heterocycles.